The number of carbonyl (C=O) groups is 1. The number of rotatable bonds is 7. The third-order valence-electron chi connectivity index (χ3n) is 9.27. The lowest BCUT2D eigenvalue weighted by Gasteiger charge is -2.43. The zero-order valence-corrected chi connectivity index (χ0v) is 24.1. The minimum Gasteiger partial charge on any atom is -0.497 e. The Morgan fingerprint density at radius 2 is 1.57 bits per heavy atom. The van der Waals surface area contributed by atoms with Gasteiger partial charge >= 0.3 is 0 Å². The SMILES string of the molecule is COc1ccc(NS(=O)(=O)c2ccc(NC(=O)c3ccc4c(c3)[C@@H]3[C@H]5CC[C@@H](C5)[C@@H]3[C@@H](c3ccccc3)N4)cc2)cc1. The number of nitrogens with one attached hydrogen (secondary N) is 3. The fourth-order valence-electron chi connectivity index (χ4n) is 7.41. The van der Waals surface area contributed by atoms with Crippen molar-refractivity contribution in [3.05, 3.63) is 114 Å². The summed E-state index contributed by atoms with van der Waals surface area (Å²) < 4.78 is 33.4. The second kappa shape index (κ2) is 10.5. The van der Waals surface area contributed by atoms with Gasteiger partial charge in [-0.2, -0.15) is 0 Å². The van der Waals surface area contributed by atoms with E-state index in [0.29, 0.717) is 46.4 Å². The van der Waals surface area contributed by atoms with Crippen molar-refractivity contribution in [1.29, 1.82) is 0 Å². The van der Waals surface area contributed by atoms with Crippen molar-refractivity contribution in [2.75, 3.05) is 22.5 Å². The second-order valence-electron chi connectivity index (χ2n) is 11.6. The first-order chi connectivity index (χ1) is 20.4. The maximum Gasteiger partial charge on any atom is 0.261 e. The lowest BCUT2D eigenvalue weighted by Crippen LogP contribution is -2.35. The van der Waals surface area contributed by atoms with Gasteiger partial charge in [-0.05, 0) is 121 Å². The van der Waals surface area contributed by atoms with Crippen LogP contribution >= 0.6 is 0 Å². The number of benzene rings is 4. The summed E-state index contributed by atoms with van der Waals surface area (Å²) in [5.74, 6) is 2.76. The van der Waals surface area contributed by atoms with Crippen molar-refractivity contribution >= 4 is 33.0 Å². The third-order valence-corrected chi connectivity index (χ3v) is 10.7. The fraction of sp³-hybridized carbons (Fsp3) is 0.265. The molecule has 3 aliphatic rings. The first kappa shape index (κ1) is 26.6. The molecule has 4 aromatic carbocycles. The van der Waals surface area contributed by atoms with Gasteiger partial charge in [-0.1, -0.05) is 30.3 Å². The topological polar surface area (TPSA) is 96.5 Å². The van der Waals surface area contributed by atoms with Crippen LogP contribution < -0.4 is 20.1 Å². The zero-order chi connectivity index (χ0) is 28.8. The van der Waals surface area contributed by atoms with E-state index in [0.717, 1.165) is 5.69 Å². The van der Waals surface area contributed by atoms with E-state index in [4.69, 9.17) is 4.74 Å². The number of ether oxygens (including phenoxy) is 1. The lowest BCUT2D eigenvalue weighted by molar-refractivity contribution is 0.102. The van der Waals surface area contributed by atoms with Crippen molar-refractivity contribution < 1.29 is 17.9 Å². The van der Waals surface area contributed by atoms with E-state index in [1.165, 1.54) is 42.5 Å². The smallest absolute Gasteiger partial charge is 0.261 e. The summed E-state index contributed by atoms with van der Waals surface area (Å²) in [6.45, 7) is 0. The van der Waals surface area contributed by atoms with E-state index >= 15 is 0 Å². The van der Waals surface area contributed by atoms with Crippen molar-refractivity contribution in [3.8, 4) is 5.75 Å². The molecule has 214 valence electrons. The summed E-state index contributed by atoms with van der Waals surface area (Å²) >= 11 is 0. The first-order valence-corrected chi connectivity index (χ1v) is 15.9. The van der Waals surface area contributed by atoms with E-state index in [9.17, 15) is 13.2 Å². The highest BCUT2D eigenvalue weighted by molar-refractivity contribution is 7.92. The third kappa shape index (κ3) is 4.79. The number of hydrogen-bond acceptors (Lipinski definition) is 5. The number of carbonyl (C=O) groups excluding carboxylic acids is 1. The van der Waals surface area contributed by atoms with Gasteiger partial charge in [0.25, 0.3) is 15.9 Å². The molecule has 42 heavy (non-hydrogen) atoms. The van der Waals surface area contributed by atoms with Crippen LogP contribution in [-0.2, 0) is 10.0 Å². The van der Waals surface area contributed by atoms with Crippen molar-refractivity contribution in [3.63, 3.8) is 0 Å². The molecule has 7 nitrogen and oxygen atoms in total. The summed E-state index contributed by atoms with van der Waals surface area (Å²) in [5.41, 5.74) is 5.26. The molecule has 5 atom stereocenters. The van der Waals surface area contributed by atoms with Gasteiger partial charge in [-0.3, -0.25) is 9.52 Å². The molecule has 0 aromatic heterocycles. The molecule has 2 bridgehead atoms. The summed E-state index contributed by atoms with van der Waals surface area (Å²) in [5, 5.41) is 6.77. The highest BCUT2D eigenvalue weighted by Gasteiger charge is 2.53. The summed E-state index contributed by atoms with van der Waals surface area (Å²) in [7, 11) is -2.24. The van der Waals surface area contributed by atoms with Crippen LogP contribution in [0, 0.1) is 17.8 Å². The van der Waals surface area contributed by atoms with Gasteiger partial charge < -0.3 is 15.4 Å². The Bertz CT molecular complexity index is 1720. The molecule has 4 aromatic rings. The van der Waals surface area contributed by atoms with E-state index in [-0.39, 0.29) is 16.8 Å². The largest absolute Gasteiger partial charge is 0.497 e. The number of fused-ring (bicyclic) bond motifs is 7. The average molecular weight is 580 g/mol. The molecule has 2 aliphatic carbocycles. The molecule has 0 spiro atoms. The maximum absolute atomic E-state index is 13.3. The number of sulfonamides is 1. The molecule has 2 saturated carbocycles. The summed E-state index contributed by atoms with van der Waals surface area (Å²) in [4.78, 5) is 13.4. The van der Waals surface area contributed by atoms with Gasteiger partial charge in [0.15, 0.2) is 0 Å². The Hall–Kier alpha value is -4.30. The summed E-state index contributed by atoms with van der Waals surface area (Å²) in [6.07, 6.45) is 3.80. The Balaban J connectivity index is 1.08. The molecule has 2 fully saturated rings. The molecular weight excluding hydrogens is 546 g/mol. The lowest BCUT2D eigenvalue weighted by atomic mass is 9.68. The minimum atomic E-state index is -3.79. The maximum atomic E-state index is 13.3. The quantitative estimate of drug-likeness (QED) is 0.218. The highest BCUT2D eigenvalue weighted by Crippen LogP contribution is 2.63. The first-order valence-electron chi connectivity index (χ1n) is 14.4. The second-order valence-corrected chi connectivity index (χ2v) is 13.3. The van der Waals surface area contributed by atoms with Crippen molar-refractivity contribution in [1.82, 2.24) is 0 Å². The Morgan fingerprint density at radius 1 is 0.857 bits per heavy atom. The molecule has 1 aliphatic heterocycles. The van der Waals surface area contributed by atoms with Crippen LogP contribution in [-0.4, -0.2) is 21.4 Å². The predicted molar refractivity (Wildman–Crippen MR) is 165 cm³/mol. The summed E-state index contributed by atoms with van der Waals surface area (Å²) in [6, 6.07) is 29.8. The van der Waals surface area contributed by atoms with Crippen LogP contribution in [0.1, 0.15) is 52.7 Å². The van der Waals surface area contributed by atoms with Crippen molar-refractivity contribution in [2.24, 2.45) is 17.8 Å². The zero-order valence-electron chi connectivity index (χ0n) is 23.3. The van der Waals surface area contributed by atoms with Crippen LogP contribution in [0.15, 0.2) is 102 Å². The Morgan fingerprint density at radius 3 is 2.31 bits per heavy atom. The number of amides is 1. The van der Waals surface area contributed by atoms with Gasteiger partial charge in [0.2, 0.25) is 0 Å². The number of methoxy groups -OCH3 is 1. The van der Waals surface area contributed by atoms with Crippen LogP contribution in [0.4, 0.5) is 17.1 Å². The van der Waals surface area contributed by atoms with Crippen LogP contribution in [0.2, 0.25) is 0 Å². The molecule has 3 N–H and O–H groups in total. The van der Waals surface area contributed by atoms with E-state index < -0.39 is 10.0 Å². The normalized spacial score (nSPS) is 23.8. The van der Waals surface area contributed by atoms with Crippen LogP contribution in [0.5, 0.6) is 5.75 Å². The molecular formula is C34H33N3O4S. The van der Waals surface area contributed by atoms with E-state index in [2.05, 4.69) is 51.8 Å². The van der Waals surface area contributed by atoms with E-state index in [1.54, 1.807) is 43.5 Å². The number of hydrogen-bond donors (Lipinski definition) is 3. The monoisotopic (exact) mass is 579 g/mol. The van der Waals surface area contributed by atoms with Crippen molar-refractivity contribution in [2.45, 2.75) is 36.1 Å². The fourth-order valence-corrected chi connectivity index (χ4v) is 8.47. The minimum absolute atomic E-state index is 0.103. The molecule has 0 radical (unpaired) electrons. The van der Waals surface area contributed by atoms with E-state index in [1.807, 2.05) is 12.1 Å². The van der Waals surface area contributed by atoms with Gasteiger partial charge in [0, 0.05) is 22.6 Å². The molecule has 0 saturated heterocycles. The molecule has 7 rings (SSSR count). The average Bonchev–Trinajstić information content (AvgIpc) is 3.65. The van der Waals surface area contributed by atoms with Gasteiger partial charge in [0.05, 0.1) is 18.0 Å². The standard InChI is InChI=1S/C34H33N3O4S/c1-41-27-14-10-26(11-15-27)37-42(39,40)28-16-12-25(13-17-28)35-34(38)24-9-18-30-29(20-24)31-22-7-8-23(19-22)32(31)33(36-30)21-5-3-2-4-6-21/h2-6,9-18,20,22-23,31-33,36-37H,7-8,19H2,1H3,(H,35,38)/t22-,23-,31-,32-,33+/m0/s1. The number of anilines is 3. The van der Waals surface area contributed by atoms with Gasteiger partial charge in [-0.25, -0.2) is 8.42 Å². The predicted octanol–water partition coefficient (Wildman–Crippen LogP) is 7.04. The van der Waals surface area contributed by atoms with Crippen LogP contribution in [0.3, 0.4) is 0 Å². The van der Waals surface area contributed by atoms with Crippen LogP contribution in [0.25, 0.3) is 0 Å². The molecule has 1 amide bonds. The molecule has 1 heterocycles. The highest BCUT2D eigenvalue weighted by atomic mass is 32.2. The Kier molecular flexibility index (Phi) is 6.66. The molecule has 0 unspecified atom stereocenters. The molecule has 8 heteroatoms. The van der Waals surface area contributed by atoms with Gasteiger partial charge in [0.1, 0.15) is 5.75 Å². The van der Waals surface area contributed by atoms with Gasteiger partial charge in [-0.15, -0.1) is 0 Å². The Labute approximate surface area is 246 Å².